The highest BCUT2D eigenvalue weighted by Gasteiger charge is 2.09. The normalized spacial score (nSPS) is 10.7. The predicted molar refractivity (Wildman–Crippen MR) is 98.0 cm³/mol. The minimum absolute atomic E-state index is 0.0944. The Morgan fingerprint density at radius 2 is 1.46 bits per heavy atom. The van der Waals surface area contributed by atoms with Gasteiger partial charge in [-0.3, -0.25) is 0 Å². The summed E-state index contributed by atoms with van der Waals surface area (Å²) in [4.78, 5) is 16.3. The van der Waals surface area contributed by atoms with Crippen molar-refractivity contribution in [2.45, 2.75) is 6.92 Å². The maximum absolute atomic E-state index is 12.1. The van der Waals surface area contributed by atoms with Crippen molar-refractivity contribution in [2.75, 3.05) is 0 Å². The summed E-state index contributed by atoms with van der Waals surface area (Å²) in [5.74, 6) is 1.91. The smallest absolute Gasteiger partial charge is 0.402 e. The van der Waals surface area contributed by atoms with E-state index in [0.29, 0.717) is 22.4 Å². The van der Waals surface area contributed by atoms with Crippen molar-refractivity contribution in [3.05, 3.63) is 88.8 Å². The van der Waals surface area contributed by atoms with Crippen LogP contribution in [0.25, 0.3) is 10.9 Å². The fourth-order valence-corrected chi connectivity index (χ4v) is 2.51. The average Bonchev–Trinajstić information content (AvgIpc) is 2.65. The first kappa shape index (κ1) is 15.9. The van der Waals surface area contributed by atoms with E-state index in [2.05, 4.69) is 4.98 Å². The summed E-state index contributed by atoms with van der Waals surface area (Å²) in [6, 6.07) is 21.9. The summed E-state index contributed by atoms with van der Waals surface area (Å²) in [5.41, 5.74) is 1.03. The summed E-state index contributed by atoms with van der Waals surface area (Å²) in [5, 5.41) is 0.434. The molecule has 1 aromatic heterocycles. The van der Waals surface area contributed by atoms with Crippen molar-refractivity contribution in [3.63, 3.8) is 0 Å². The van der Waals surface area contributed by atoms with Crippen LogP contribution in [0.5, 0.6) is 23.3 Å². The lowest BCUT2D eigenvalue weighted by molar-refractivity contribution is 0.306. The van der Waals surface area contributed by atoms with Gasteiger partial charge in [-0.05, 0) is 55.5 Å². The molecule has 0 bridgehead atoms. The molecule has 128 valence electrons. The average molecular weight is 345 g/mol. The van der Waals surface area contributed by atoms with Gasteiger partial charge in [-0.25, -0.2) is 4.79 Å². The second-order valence-electron chi connectivity index (χ2n) is 5.78. The standard InChI is InChI=1S/C21H15NO4/c1-14-7-12-19-18(13-14)20(23)26-21(22-19)25-17-10-8-16(9-11-17)24-15-5-3-2-4-6-15/h2-13H,1H3. The monoisotopic (exact) mass is 345 g/mol. The number of aromatic nitrogens is 1. The third-order valence-corrected chi connectivity index (χ3v) is 3.77. The third-order valence-electron chi connectivity index (χ3n) is 3.77. The van der Waals surface area contributed by atoms with Crippen LogP contribution in [-0.4, -0.2) is 4.98 Å². The second kappa shape index (κ2) is 6.72. The number of benzene rings is 3. The Kier molecular flexibility index (Phi) is 4.11. The van der Waals surface area contributed by atoms with Crippen LogP contribution in [0.15, 0.2) is 82.0 Å². The van der Waals surface area contributed by atoms with Gasteiger partial charge in [0.05, 0.1) is 10.9 Å². The van der Waals surface area contributed by atoms with Gasteiger partial charge in [0.2, 0.25) is 0 Å². The SMILES string of the molecule is Cc1ccc2nc(Oc3ccc(Oc4ccccc4)cc3)oc(=O)c2c1. The highest BCUT2D eigenvalue weighted by atomic mass is 16.6. The molecule has 0 aliphatic heterocycles. The minimum Gasteiger partial charge on any atom is -0.457 e. The van der Waals surface area contributed by atoms with Crippen molar-refractivity contribution in [3.8, 4) is 23.3 Å². The van der Waals surface area contributed by atoms with Gasteiger partial charge in [0.15, 0.2) is 0 Å². The number of rotatable bonds is 4. The van der Waals surface area contributed by atoms with Crippen LogP contribution in [0.3, 0.4) is 0 Å². The van der Waals surface area contributed by atoms with Gasteiger partial charge in [-0.15, -0.1) is 0 Å². The van der Waals surface area contributed by atoms with Crippen LogP contribution in [-0.2, 0) is 0 Å². The summed E-state index contributed by atoms with van der Waals surface area (Å²) in [6.07, 6.45) is -0.0944. The number of ether oxygens (including phenoxy) is 2. The van der Waals surface area contributed by atoms with Gasteiger partial charge in [-0.2, -0.15) is 4.98 Å². The molecule has 5 heteroatoms. The van der Waals surface area contributed by atoms with Gasteiger partial charge < -0.3 is 13.9 Å². The fourth-order valence-electron chi connectivity index (χ4n) is 2.51. The van der Waals surface area contributed by atoms with Crippen LogP contribution >= 0.6 is 0 Å². The topological polar surface area (TPSA) is 61.6 Å². The first-order valence-corrected chi connectivity index (χ1v) is 8.10. The molecule has 0 saturated heterocycles. The first-order chi connectivity index (χ1) is 12.7. The maximum atomic E-state index is 12.1. The largest absolute Gasteiger partial charge is 0.457 e. The number of hydrogen-bond acceptors (Lipinski definition) is 5. The van der Waals surface area contributed by atoms with E-state index in [0.717, 1.165) is 11.3 Å². The van der Waals surface area contributed by atoms with E-state index in [1.165, 1.54) is 0 Å². The van der Waals surface area contributed by atoms with Crippen molar-refractivity contribution < 1.29 is 13.9 Å². The minimum atomic E-state index is -0.474. The Morgan fingerprint density at radius 1 is 0.808 bits per heavy atom. The predicted octanol–water partition coefficient (Wildman–Crippen LogP) is 5.08. The van der Waals surface area contributed by atoms with Crippen LogP contribution in [0, 0.1) is 6.92 Å². The zero-order valence-electron chi connectivity index (χ0n) is 14.0. The fraction of sp³-hybridized carbons (Fsp3) is 0.0476. The van der Waals surface area contributed by atoms with Gasteiger partial charge in [0.25, 0.3) is 0 Å². The molecular formula is C21H15NO4. The molecule has 1 heterocycles. The first-order valence-electron chi connectivity index (χ1n) is 8.10. The van der Waals surface area contributed by atoms with E-state index in [1.54, 1.807) is 36.4 Å². The van der Waals surface area contributed by atoms with Gasteiger partial charge >= 0.3 is 11.7 Å². The van der Waals surface area contributed by atoms with Crippen LogP contribution in [0.4, 0.5) is 0 Å². The van der Waals surface area contributed by atoms with E-state index in [4.69, 9.17) is 13.9 Å². The molecule has 4 rings (SSSR count). The Hall–Kier alpha value is -3.60. The van der Waals surface area contributed by atoms with Crippen molar-refractivity contribution in [2.24, 2.45) is 0 Å². The van der Waals surface area contributed by atoms with Crippen LogP contribution in [0.1, 0.15) is 5.56 Å². The zero-order valence-corrected chi connectivity index (χ0v) is 14.0. The maximum Gasteiger partial charge on any atom is 0.402 e. The Bertz CT molecular complexity index is 1100. The van der Waals surface area contributed by atoms with Crippen molar-refractivity contribution in [1.82, 2.24) is 4.98 Å². The van der Waals surface area contributed by atoms with Crippen molar-refractivity contribution in [1.29, 1.82) is 0 Å². The Balaban J connectivity index is 1.55. The van der Waals surface area contributed by atoms with Crippen LogP contribution < -0.4 is 15.1 Å². The molecule has 0 amide bonds. The molecular weight excluding hydrogens is 330 g/mol. The molecule has 0 saturated carbocycles. The summed E-state index contributed by atoms with van der Waals surface area (Å²) < 4.78 is 16.5. The molecule has 0 spiro atoms. The van der Waals surface area contributed by atoms with Gasteiger partial charge in [-0.1, -0.05) is 29.8 Å². The second-order valence-corrected chi connectivity index (χ2v) is 5.78. The molecule has 0 N–H and O–H groups in total. The lowest BCUT2D eigenvalue weighted by Gasteiger charge is -2.07. The van der Waals surface area contributed by atoms with E-state index in [1.807, 2.05) is 43.3 Å². The molecule has 4 aromatic rings. The number of nitrogens with zero attached hydrogens (tertiary/aromatic N) is 1. The third kappa shape index (κ3) is 3.42. The molecule has 0 radical (unpaired) electrons. The highest BCUT2D eigenvalue weighted by Crippen LogP contribution is 2.26. The van der Waals surface area contributed by atoms with Crippen molar-refractivity contribution >= 4 is 10.9 Å². The molecule has 0 atom stereocenters. The highest BCUT2D eigenvalue weighted by molar-refractivity contribution is 5.77. The number of aryl methyl sites for hydroxylation is 1. The molecule has 5 nitrogen and oxygen atoms in total. The lowest BCUT2D eigenvalue weighted by Crippen LogP contribution is -2.03. The van der Waals surface area contributed by atoms with Gasteiger partial charge in [0.1, 0.15) is 17.2 Å². The van der Waals surface area contributed by atoms with Crippen LogP contribution in [0.2, 0.25) is 0 Å². The summed E-state index contributed by atoms with van der Waals surface area (Å²) >= 11 is 0. The molecule has 0 fully saturated rings. The van der Waals surface area contributed by atoms with E-state index >= 15 is 0 Å². The van der Waals surface area contributed by atoms with Gasteiger partial charge in [0, 0.05) is 0 Å². The molecule has 0 aliphatic rings. The Labute approximate surface area is 149 Å². The Morgan fingerprint density at radius 3 is 2.19 bits per heavy atom. The quantitative estimate of drug-likeness (QED) is 0.516. The summed E-state index contributed by atoms with van der Waals surface area (Å²) in [6.45, 7) is 1.91. The van der Waals surface area contributed by atoms with E-state index in [9.17, 15) is 4.79 Å². The number of fused-ring (bicyclic) bond motifs is 1. The lowest BCUT2D eigenvalue weighted by atomic mass is 10.2. The number of para-hydroxylation sites is 1. The molecule has 0 unspecified atom stereocenters. The zero-order chi connectivity index (χ0) is 17.9. The van der Waals surface area contributed by atoms with E-state index < -0.39 is 5.63 Å². The molecule has 26 heavy (non-hydrogen) atoms. The molecule has 3 aromatic carbocycles. The molecule has 0 aliphatic carbocycles. The summed E-state index contributed by atoms with van der Waals surface area (Å²) in [7, 11) is 0. The number of hydrogen-bond donors (Lipinski definition) is 0. The van der Waals surface area contributed by atoms with E-state index in [-0.39, 0.29) is 6.08 Å².